The second-order valence-corrected chi connectivity index (χ2v) is 5.33. The second-order valence-electron chi connectivity index (χ2n) is 5.33. The number of anilines is 1. The third-order valence-corrected chi connectivity index (χ3v) is 3.67. The topological polar surface area (TPSA) is 107 Å². The Morgan fingerprint density at radius 1 is 1.55 bits per heavy atom. The normalized spacial score (nSPS) is 14.4. The minimum Gasteiger partial charge on any atom is -0.423 e. The average Bonchev–Trinajstić information content (AvgIpc) is 2.78. The van der Waals surface area contributed by atoms with Gasteiger partial charge in [0.1, 0.15) is 5.52 Å². The second kappa shape index (κ2) is 5.09. The molecule has 0 radical (unpaired) electrons. The van der Waals surface area contributed by atoms with E-state index in [1.54, 1.807) is 6.07 Å². The minimum absolute atomic E-state index is 0.0225. The highest BCUT2D eigenvalue weighted by atomic mass is 16.6. The van der Waals surface area contributed by atoms with Crippen molar-refractivity contribution in [2.45, 2.75) is 26.3 Å². The minimum atomic E-state index is -0.465. The molecule has 1 heterocycles. The van der Waals surface area contributed by atoms with Crippen molar-refractivity contribution in [3.05, 3.63) is 28.3 Å². The van der Waals surface area contributed by atoms with Crippen LogP contribution in [0.25, 0.3) is 11.1 Å². The van der Waals surface area contributed by atoms with Crippen LogP contribution in [0.3, 0.4) is 0 Å². The molecule has 2 rings (SSSR count). The first kappa shape index (κ1) is 14.3. The molecule has 1 aromatic carbocycles. The third kappa shape index (κ3) is 2.57. The molecule has 0 fully saturated rings. The van der Waals surface area contributed by atoms with Gasteiger partial charge >= 0.3 is 0 Å². The summed E-state index contributed by atoms with van der Waals surface area (Å²) in [6.45, 7) is 6.50. The maximum Gasteiger partial charge on any atom is 0.296 e. The standard InChI is InChI=1S/C13H18N4O3/c1-8(2)13(3,7-14)16-12-15-10-5-4-9(17(18)19)6-11(10)20-12/h4-6,8H,7,14H2,1-3H3,(H,15,16). The smallest absolute Gasteiger partial charge is 0.296 e. The highest BCUT2D eigenvalue weighted by molar-refractivity contribution is 5.77. The van der Waals surface area contributed by atoms with E-state index in [9.17, 15) is 10.1 Å². The van der Waals surface area contributed by atoms with Gasteiger partial charge in [0.15, 0.2) is 5.58 Å². The Labute approximate surface area is 116 Å². The van der Waals surface area contributed by atoms with Crippen molar-refractivity contribution in [3.63, 3.8) is 0 Å². The molecular formula is C13H18N4O3. The van der Waals surface area contributed by atoms with Gasteiger partial charge in [-0.25, -0.2) is 0 Å². The monoisotopic (exact) mass is 278 g/mol. The summed E-state index contributed by atoms with van der Waals surface area (Å²) in [7, 11) is 0. The number of nitro benzene ring substituents is 1. The van der Waals surface area contributed by atoms with Crippen molar-refractivity contribution in [2.24, 2.45) is 11.7 Å². The van der Waals surface area contributed by atoms with Crippen molar-refractivity contribution >= 4 is 22.8 Å². The fourth-order valence-corrected chi connectivity index (χ4v) is 1.76. The summed E-state index contributed by atoms with van der Waals surface area (Å²) in [5.74, 6) is 0.275. The van der Waals surface area contributed by atoms with Gasteiger partial charge in [0.2, 0.25) is 0 Å². The number of fused-ring (bicyclic) bond motifs is 1. The summed E-state index contributed by atoms with van der Waals surface area (Å²) in [5, 5.41) is 13.9. The molecule has 20 heavy (non-hydrogen) atoms. The van der Waals surface area contributed by atoms with Gasteiger partial charge in [-0.2, -0.15) is 4.98 Å². The number of hydrogen-bond donors (Lipinski definition) is 2. The van der Waals surface area contributed by atoms with Crippen LogP contribution in [0.5, 0.6) is 0 Å². The van der Waals surface area contributed by atoms with Crippen LogP contribution in [0.2, 0.25) is 0 Å². The Kier molecular flexibility index (Phi) is 3.63. The van der Waals surface area contributed by atoms with Crippen LogP contribution in [0.4, 0.5) is 11.7 Å². The molecule has 0 aliphatic carbocycles. The molecule has 0 aliphatic rings. The fourth-order valence-electron chi connectivity index (χ4n) is 1.76. The first-order valence-corrected chi connectivity index (χ1v) is 6.39. The zero-order valence-electron chi connectivity index (χ0n) is 11.7. The molecule has 0 aliphatic heterocycles. The first-order valence-electron chi connectivity index (χ1n) is 6.39. The molecule has 0 amide bonds. The van der Waals surface area contributed by atoms with E-state index in [2.05, 4.69) is 10.3 Å². The lowest BCUT2D eigenvalue weighted by atomic mass is 9.89. The van der Waals surface area contributed by atoms with Gasteiger partial charge in [0.25, 0.3) is 11.7 Å². The quantitative estimate of drug-likeness (QED) is 0.642. The van der Waals surface area contributed by atoms with E-state index in [1.165, 1.54) is 12.1 Å². The Hall–Kier alpha value is -2.15. The number of benzene rings is 1. The van der Waals surface area contributed by atoms with Gasteiger partial charge < -0.3 is 15.5 Å². The number of non-ortho nitro benzene ring substituents is 1. The molecular weight excluding hydrogens is 260 g/mol. The highest BCUT2D eigenvalue weighted by Crippen LogP contribution is 2.27. The summed E-state index contributed by atoms with van der Waals surface area (Å²) >= 11 is 0. The molecule has 108 valence electrons. The summed E-state index contributed by atoms with van der Waals surface area (Å²) < 4.78 is 5.52. The van der Waals surface area contributed by atoms with Crippen LogP contribution in [0.1, 0.15) is 20.8 Å². The lowest BCUT2D eigenvalue weighted by molar-refractivity contribution is -0.384. The summed E-state index contributed by atoms with van der Waals surface area (Å²) in [4.78, 5) is 14.5. The van der Waals surface area contributed by atoms with Crippen molar-refractivity contribution in [2.75, 3.05) is 11.9 Å². The van der Waals surface area contributed by atoms with Crippen molar-refractivity contribution in [1.29, 1.82) is 0 Å². The molecule has 1 unspecified atom stereocenters. The van der Waals surface area contributed by atoms with E-state index in [4.69, 9.17) is 10.2 Å². The van der Waals surface area contributed by atoms with E-state index in [0.717, 1.165) is 0 Å². The number of hydrogen-bond acceptors (Lipinski definition) is 6. The molecule has 3 N–H and O–H groups in total. The van der Waals surface area contributed by atoms with Gasteiger partial charge in [-0.1, -0.05) is 13.8 Å². The van der Waals surface area contributed by atoms with E-state index >= 15 is 0 Å². The molecule has 0 bridgehead atoms. The van der Waals surface area contributed by atoms with E-state index in [-0.39, 0.29) is 17.1 Å². The number of nitrogens with one attached hydrogen (secondary N) is 1. The van der Waals surface area contributed by atoms with Crippen molar-refractivity contribution in [1.82, 2.24) is 4.98 Å². The number of aromatic nitrogens is 1. The van der Waals surface area contributed by atoms with E-state index in [0.29, 0.717) is 23.7 Å². The Morgan fingerprint density at radius 3 is 2.80 bits per heavy atom. The maximum absolute atomic E-state index is 10.7. The number of nitrogens with zero attached hydrogens (tertiary/aromatic N) is 2. The van der Waals surface area contributed by atoms with E-state index in [1.807, 2.05) is 20.8 Å². The van der Waals surface area contributed by atoms with Crippen LogP contribution < -0.4 is 11.1 Å². The van der Waals surface area contributed by atoms with Gasteiger partial charge in [-0.3, -0.25) is 10.1 Å². The Balaban J connectivity index is 2.34. The number of nitrogens with two attached hydrogens (primary N) is 1. The predicted molar refractivity (Wildman–Crippen MR) is 76.6 cm³/mol. The molecule has 0 spiro atoms. The number of nitro groups is 1. The molecule has 1 atom stereocenters. The van der Waals surface area contributed by atoms with Crippen LogP contribution >= 0.6 is 0 Å². The molecule has 2 aromatic rings. The van der Waals surface area contributed by atoms with Gasteiger partial charge in [0.05, 0.1) is 16.5 Å². The Bertz CT molecular complexity index is 638. The van der Waals surface area contributed by atoms with Gasteiger partial charge in [0, 0.05) is 12.6 Å². The number of oxazole rings is 1. The lowest BCUT2D eigenvalue weighted by Gasteiger charge is -2.32. The van der Waals surface area contributed by atoms with E-state index < -0.39 is 4.92 Å². The largest absolute Gasteiger partial charge is 0.423 e. The van der Waals surface area contributed by atoms with Crippen molar-refractivity contribution < 1.29 is 9.34 Å². The van der Waals surface area contributed by atoms with Gasteiger partial charge in [-0.15, -0.1) is 0 Å². The summed E-state index contributed by atoms with van der Waals surface area (Å²) in [5.41, 5.74) is 6.37. The van der Waals surface area contributed by atoms with Crippen LogP contribution in [-0.4, -0.2) is 22.0 Å². The highest BCUT2D eigenvalue weighted by Gasteiger charge is 2.28. The van der Waals surface area contributed by atoms with Crippen molar-refractivity contribution in [3.8, 4) is 0 Å². The molecule has 0 saturated heterocycles. The van der Waals surface area contributed by atoms with Crippen LogP contribution in [0.15, 0.2) is 22.6 Å². The average molecular weight is 278 g/mol. The SMILES string of the molecule is CC(C)C(C)(CN)Nc1nc2ccc([N+](=O)[O-])cc2o1. The molecule has 1 aromatic heterocycles. The van der Waals surface area contributed by atoms with Crippen LogP contribution in [-0.2, 0) is 0 Å². The maximum atomic E-state index is 10.7. The zero-order valence-corrected chi connectivity index (χ0v) is 11.7. The summed E-state index contributed by atoms with van der Waals surface area (Å²) in [6.07, 6.45) is 0. The third-order valence-electron chi connectivity index (χ3n) is 3.67. The number of rotatable bonds is 5. The van der Waals surface area contributed by atoms with Gasteiger partial charge in [-0.05, 0) is 18.9 Å². The zero-order chi connectivity index (χ0) is 14.9. The molecule has 7 heteroatoms. The predicted octanol–water partition coefficient (Wildman–Crippen LogP) is 2.52. The first-order chi connectivity index (χ1) is 9.35. The lowest BCUT2D eigenvalue weighted by Crippen LogP contribution is -2.47. The molecule has 7 nitrogen and oxygen atoms in total. The Morgan fingerprint density at radius 2 is 2.25 bits per heavy atom. The molecule has 0 saturated carbocycles. The summed E-state index contributed by atoms with van der Waals surface area (Å²) in [6, 6.07) is 4.65. The van der Waals surface area contributed by atoms with Crippen LogP contribution in [0, 0.1) is 16.0 Å². The fraction of sp³-hybridized carbons (Fsp3) is 0.462.